The minimum Gasteiger partial charge on any atom is -0.411 e. The lowest BCUT2D eigenvalue weighted by atomic mass is 10.0. The predicted octanol–water partition coefficient (Wildman–Crippen LogP) is 2.19. The van der Waals surface area contributed by atoms with Crippen LogP contribution in [0.4, 0.5) is 0 Å². The molecule has 3 nitrogen and oxygen atoms in total. The van der Waals surface area contributed by atoms with Gasteiger partial charge in [0.25, 0.3) is 0 Å². The molecular formula is C12H15NO2. The van der Waals surface area contributed by atoms with Gasteiger partial charge in [-0.05, 0) is 18.4 Å². The van der Waals surface area contributed by atoms with E-state index in [9.17, 15) is 5.11 Å². The van der Waals surface area contributed by atoms with E-state index >= 15 is 0 Å². The van der Waals surface area contributed by atoms with Crippen molar-refractivity contribution >= 4 is 5.71 Å². The van der Waals surface area contributed by atoms with Crippen molar-refractivity contribution in [3.8, 4) is 0 Å². The van der Waals surface area contributed by atoms with Gasteiger partial charge in [0.2, 0.25) is 0 Å². The largest absolute Gasteiger partial charge is 0.411 e. The quantitative estimate of drug-likeness (QED) is 0.335. The number of aliphatic hydroxyl groups excluding tert-OH is 1. The summed E-state index contributed by atoms with van der Waals surface area (Å²) in [5, 5.41) is 21.4. The summed E-state index contributed by atoms with van der Waals surface area (Å²) in [5.74, 6) is 0. The van der Waals surface area contributed by atoms with Crippen LogP contribution in [0, 0.1) is 0 Å². The molecule has 0 spiro atoms. The minimum absolute atomic E-state index is 0.512. The van der Waals surface area contributed by atoms with Crippen LogP contribution in [0.15, 0.2) is 48.1 Å². The van der Waals surface area contributed by atoms with Gasteiger partial charge in [0, 0.05) is 0 Å². The first-order chi connectivity index (χ1) is 7.27. The summed E-state index contributed by atoms with van der Waals surface area (Å²) in [6, 6.07) is 9.40. The van der Waals surface area contributed by atoms with E-state index in [0.29, 0.717) is 18.6 Å². The van der Waals surface area contributed by atoms with Crippen LogP contribution >= 0.6 is 0 Å². The standard InChI is InChI=1S/C12H15NO2/c1-2-11(14)8-9-12(13-15)10-6-4-3-5-7-10/h2-7,11,14-15H,1,8-9H2/b13-12+. The zero-order chi connectivity index (χ0) is 11.1. The van der Waals surface area contributed by atoms with Crippen molar-refractivity contribution < 1.29 is 10.3 Å². The molecule has 15 heavy (non-hydrogen) atoms. The number of oxime groups is 1. The topological polar surface area (TPSA) is 52.8 Å². The second-order valence-electron chi connectivity index (χ2n) is 3.25. The molecule has 1 unspecified atom stereocenters. The van der Waals surface area contributed by atoms with Crippen molar-refractivity contribution in [1.82, 2.24) is 0 Å². The van der Waals surface area contributed by atoms with Gasteiger partial charge in [0.15, 0.2) is 0 Å². The van der Waals surface area contributed by atoms with Gasteiger partial charge in [-0.3, -0.25) is 0 Å². The minimum atomic E-state index is -0.550. The van der Waals surface area contributed by atoms with Crippen molar-refractivity contribution in [2.24, 2.45) is 5.16 Å². The molecule has 0 aliphatic heterocycles. The van der Waals surface area contributed by atoms with Gasteiger partial charge < -0.3 is 10.3 Å². The van der Waals surface area contributed by atoms with Crippen molar-refractivity contribution in [2.45, 2.75) is 18.9 Å². The van der Waals surface area contributed by atoms with E-state index in [4.69, 9.17) is 5.21 Å². The predicted molar refractivity (Wildman–Crippen MR) is 60.2 cm³/mol. The molecular weight excluding hydrogens is 190 g/mol. The molecule has 1 atom stereocenters. The maximum Gasteiger partial charge on any atom is 0.0868 e. The second-order valence-corrected chi connectivity index (χ2v) is 3.25. The SMILES string of the molecule is C=CC(O)CC/C(=N\O)c1ccccc1. The highest BCUT2D eigenvalue weighted by Gasteiger charge is 2.06. The summed E-state index contributed by atoms with van der Waals surface area (Å²) in [4.78, 5) is 0. The van der Waals surface area contributed by atoms with E-state index in [2.05, 4.69) is 11.7 Å². The number of aliphatic hydroxyl groups is 1. The van der Waals surface area contributed by atoms with Gasteiger partial charge in [0.1, 0.15) is 0 Å². The van der Waals surface area contributed by atoms with E-state index in [0.717, 1.165) is 5.56 Å². The molecule has 0 amide bonds. The molecule has 0 aromatic heterocycles. The maximum absolute atomic E-state index is 9.29. The summed E-state index contributed by atoms with van der Waals surface area (Å²) in [7, 11) is 0. The van der Waals surface area contributed by atoms with Gasteiger partial charge in [-0.2, -0.15) is 0 Å². The number of hydrogen-bond donors (Lipinski definition) is 2. The molecule has 0 bridgehead atoms. The second kappa shape index (κ2) is 5.98. The average molecular weight is 205 g/mol. The van der Waals surface area contributed by atoms with Crippen LogP contribution in [0.2, 0.25) is 0 Å². The molecule has 3 heteroatoms. The Balaban J connectivity index is 2.62. The summed E-state index contributed by atoms with van der Waals surface area (Å²) in [6.45, 7) is 3.48. The highest BCUT2D eigenvalue weighted by molar-refractivity contribution is 6.00. The van der Waals surface area contributed by atoms with Crippen LogP contribution < -0.4 is 0 Å². The van der Waals surface area contributed by atoms with Gasteiger partial charge in [-0.1, -0.05) is 41.6 Å². The van der Waals surface area contributed by atoms with E-state index in [-0.39, 0.29) is 0 Å². The van der Waals surface area contributed by atoms with Gasteiger partial charge in [0.05, 0.1) is 11.8 Å². The molecule has 1 rings (SSSR count). The Morgan fingerprint density at radius 1 is 1.40 bits per heavy atom. The van der Waals surface area contributed by atoms with Crippen LogP contribution in [-0.4, -0.2) is 22.1 Å². The normalized spacial score (nSPS) is 13.5. The Labute approximate surface area is 89.4 Å². The molecule has 0 saturated heterocycles. The Morgan fingerprint density at radius 3 is 2.60 bits per heavy atom. The third kappa shape index (κ3) is 3.56. The van der Waals surface area contributed by atoms with Gasteiger partial charge in [-0.15, -0.1) is 6.58 Å². The zero-order valence-electron chi connectivity index (χ0n) is 8.50. The monoisotopic (exact) mass is 205 g/mol. The molecule has 1 aromatic rings. The molecule has 1 aromatic carbocycles. The van der Waals surface area contributed by atoms with Crippen molar-refractivity contribution in [2.75, 3.05) is 0 Å². The highest BCUT2D eigenvalue weighted by atomic mass is 16.4. The number of benzene rings is 1. The molecule has 0 fully saturated rings. The molecule has 0 heterocycles. The Bertz CT molecular complexity index is 333. The first kappa shape index (κ1) is 11.5. The lowest BCUT2D eigenvalue weighted by Crippen LogP contribution is -2.07. The number of hydrogen-bond acceptors (Lipinski definition) is 3. The highest BCUT2D eigenvalue weighted by Crippen LogP contribution is 2.08. The van der Waals surface area contributed by atoms with Crippen LogP contribution in [0.3, 0.4) is 0 Å². The summed E-state index contributed by atoms with van der Waals surface area (Å²) in [5.41, 5.74) is 1.45. The van der Waals surface area contributed by atoms with E-state index < -0.39 is 6.10 Å². The maximum atomic E-state index is 9.29. The van der Waals surface area contributed by atoms with Crippen LogP contribution in [0.1, 0.15) is 18.4 Å². The van der Waals surface area contributed by atoms with E-state index in [1.807, 2.05) is 30.3 Å². The molecule has 0 aliphatic rings. The first-order valence-corrected chi connectivity index (χ1v) is 4.85. The third-order valence-corrected chi connectivity index (χ3v) is 2.18. The summed E-state index contributed by atoms with van der Waals surface area (Å²) >= 11 is 0. The van der Waals surface area contributed by atoms with E-state index in [1.54, 1.807) is 0 Å². The molecule has 80 valence electrons. The van der Waals surface area contributed by atoms with Crippen molar-refractivity contribution in [3.05, 3.63) is 48.6 Å². The Kier molecular flexibility index (Phi) is 4.57. The summed E-state index contributed by atoms with van der Waals surface area (Å²) < 4.78 is 0. The Morgan fingerprint density at radius 2 is 2.07 bits per heavy atom. The first-order valence-electron chi connectivity index (χ1n) is 4.85. The average Bonchev–Trinajstić information content (AvgIpc) is 2.31. The van der Waals surface area contributed by atoms with Crippen LogP contribution in [-0.2, 0) is 0 Å². The number of rotatable bonds is 5. The summed E-state index contributed by atoms with van der Waals surface area (Å²) in [6.07, 6.45) is 1.95. The van der Waals surface area contributed by atoms with Gasteiger partial charge in [-0.25, -0.2) is 0 Å². The molecule has 0 aliphatic carbocycles. The Hall–Kier alpha value is -1.61. The third-order valence-electron chi connectivity index (χ3n) is 2.18. The lowest BCUT2D eigenvalue weighted by Gasteiger charge is -2.06. The molecule has 2 N–H and O–H groups in total. The van der Waals surface area contributed by atoms with Crippen molar-refractivity contribution in [3.63, 3.8) is 0 Å². The fourth-order valence-corrected chi connectivity index (χ4v) is 1.29. The molecule has 0 radical (unpaired) electrons. The van der Waals surface area contributed by atoms with Gasteiger partial charge >= 0.3 is 0 Å². The van der Waals surface area contributed by atoms with E-state index in [1.165, 1.54) is 6.08 Å². The smallest absolute Gasteiger partial charge is 0.0868 e. The van der Waals surface area contributed by atoms with Crippen LogP contribution in [0.5, 0.6) is 0 Å². The zero-order valence-corrected chi connectivity index (χ0v) is 8.50. The molecule has 0 saturated carbocycles. The lowest BCUT2D eigenvalue weighted by molar-refractivity contribution is 0.215. The fourth-order valence-electron chi connectivity index (χ4n) is 1.29. The number of nitrogens with zero attached hydrogens (tertiary/aromatic N) is 1. The van der Waals surface area contributed by atoms with Crippen LogP contribution in [0.25, 0.3) is 0 Å². The van der Waals surface area contributed by atoms with Crippen molar-refractivity contribution in [1.29, 1.82) is 0 Å². The fraction of sp³-hybridized carbons (Fsp3) is 0.250.